The first-order valence-electron chi connectivity index (χ1n) is 8.24. The van der Waals surface area contributed by atoms with Gasteiger partial charge in [-0.25, -0.2) is 0 Å². The van der Waals surface area contributed by atoms with Gasteiger partial charge in [-0.2, -0.15) is 0 Å². The van der Waals surface area contributed by atoms with Crippen LogP contribution in [0.3, 0.4) is 0 Å². The summed E-state index contributed by atoms with van der Waals surface area (Å²) in [7, 11) is 0. The molecule has 0 saturated heterocycles. The molecule has 2 fully saturated rings. The first-order valence-corrected chi connectivity index (χ1v) is 8.24. The van der Waals surface area contributed by atoms with Crippen LogP contribution >= 0.6 is 0 Å². The molecule has 2 N–H and O–H groups in total. The lowest BCUT2D eigenvalue weighted by Gasteiger charge is -2.42. The summed E-state index contributed by atoms with van der Waals surface area (Å²) in [4.78, 5) is 29.2. The van der Waals surface area contributed by atoms with Crippen LogP contribution in [-0.2, 0) is 9.59 Å². The molecule has 1 heterocycles. The molecule has 2 aliphatic rings. The van der Waals surface area contributed by atoms with Gasteiger partial charge in [0.15, 0.2) is 0 Å². The molecule has 6 heteroatoms. The van der Waals surface area contributed by atoms with E-state index in [9.17, 15) is 9.59 Å². The first kappa shape index (κ1) is 15.9. The van der Waals surface area contributed by atoms with Crippen LogP contribution in [0.5, 0.6) is 0 Å². The summed E-state index contributed by atoms with van der Waals surface area (Å²) >= 11 is 0. The Kier molecular flexibility index (Phi) is 4.61. The van der Waals surface area contributed by atoms with Gasteiger partial charge < -0.3 is 10.4 Å². The van der Waals surface area contributed by atoms with Gasteiger partial charge in [0.05, 0.1) is 6.54 Å². The van der Waals surface area contributed by atoms with Crippen LogP contribution in [0.15, 0.2) is 24.5 Å². The molecule has 1 aromatic heterocycles. The van der Waals surface area contributed by atoms with Crippen molar-refractivity contribution in [3.63, 3.8) is 0 Å². The molecule has 1 amide bonds. The summed E-state index contributed by atoms with van der Waals surface area (Å²) < 4.78 is 0. The molecule has 0 bridgehead atoms. The van der Waals surface area contributed by atoms with Crippen LogP contribution in [-0.4, -0.2) is 52.0 Å². The van der Waals surface area contributed by atoms with Gasteiger partial charge in [-0.15, -0.1) is 0 Å². The number of likely N-dealkylation sites (N-methyl/N-ethyl adjacent to an activating group) is 1. The molecule has 6 nitrogen and oxygen atoms in total. The number of aromatic nitrogens is 1. The van der Waals surface area contributed by atoms with Gasteiger partial charge >= 0.3 is 5.97 Å². The van der Waals surface area contributed by atoms with Gasteiger partial charge in [-0.3, -0.25) is 19.5 Å². The van der Waals surface area contributed by atoms with Crippen LogP contribution < -0.4 is 5.32 Å². The fourth-order valence-electron chi connectivity index (χ4n) is 3.43. The van der Waals surface area contributed by atoms with E-state index in [4.69, 9.17) is 5.11 Å². The number of hydrogen-bond acceptors (Lipinski definition) is 4. The van der Waals surface area contributed by atoms with E-state index in [0.29, 0.717) is 5.92 Å². The lowest BCUT2D eigenvalue weighted by Crippen LogP contribution is -2.55. The van der Waals surface area contributed by atoms with Crippen molar-refractivity contribution < 1.29 is 14.7 Å². The lowest BCUT2D eigenvalue weighted by atomic mass is 9.85. The number of carboxylic acids is 1. The number of aliphatic carboxylic acids is 1. The highest BCUT2D eigenvalue weighted by Crippen LogP contribution is 2.47. The van der Waals surface area contributed by atoms with Crippen molar-refractivity contribution in [1.82, 2.24) is 15.2 Å². The minimum atomic E-state index is -0.795. The van der Waals surface area contributed by atoms with E-state index in [-0.39, 0.29) is 30.5 Å². The topological polar surface area (TPSA) is 82.5 Å². The van der Waals surface area contributed by atoms with Gasteiger partial charge in [0.25, 0.3) is 0 Å². The highest BCUT2D eigenvalue weighted by molar-refractivity contribution is 5.83. The lowest BCUT2D eigenvalue weighted by molar-refractivity contribution is -0.139. The van der Waals surface area contributed by atoms with Crippen LogP contribution in [0.1, 0.15) is 37.7 Å². The van der Waals surface area contributed by atoms with Crippen molar-refractivity contribution >= 4 is 11.9 Å². The zero-order valence-electron chi connectivity index (χ0n) is 13.3. The average Bonchev–Trinajstić information content (AvgIpc) is 3.29. The minimum absolute atomic E-state index is 0.0690. The number of carboxylic acid groups (broad SMARTS) is 1. The standard InChI is InChI=1S/C17H23N3O3/c1-2-20(10-16(21)22)13-6-12(7-13)19-17(23)15-8-14(15)11-4-3-5-18-9-11/h3-5,9,12-15H,2,6-8,10H2,1H3,(H,19,23)(H,21,22)/t12?,13?,14-,15-/m0/s1. The molecular weight excluding hydrogens is 294 g/mol. The van der Waals surface area contributed by atoms with Crippen molar-refractivity contribution in [1.29, 1.82) is 0 Å². The van der Waals surface area contributed by atoms with E-state index in [1.165, 1.54) is 0 Å². The zero-order chi connectivity index (χ0) is 16.4. The fourth-order valence-corrected chi connectivity index (χ4v) is 3.43. The van der Waals surface area contributed by atoms with Crippen molar-refractivity contribution in [2.24, 2.45) is 5.92 Å². The molecule has 2 aliphatic carbocycles. The molecule has 0 radical (unpaired) electrons. The molecular formula is C17H23N3O3. The maximum absolute atomic E-state index is 12.3. The van der Waals surface area contributed by atoms with E-state index in [0.717, 1.165) is 31.4 Å². The number of pyridine rings is 1. The number of hydrogen-bond donors (Lipinski definition) is 2. The monoisotopic (exact) mass is 317 g/mol. The van der Waals surface area contributed by atoms with E-state index < -0.39 is 5.97 Å². The van der Waals surface area contributed by atoms with Crippen molar-refractivity contribution in [3.05, 3.63) is 30.1 Å². The Balaban J connectivity index is 1.42. The molecule has 1 aromatic rings. The number of carbonyl (C=O) groups excluding carboxylic acids is 1. The molecule has 2 saturated carbocycles. The van der Waals surface area contributed by atoms with Crippen LogP contribution in [0.25, 0.3) is 0 Å². The maximum atomic E-state index is 12.3. The molecule has 3 rings (SSSR count). The summed E-state index contributed by atoms with van der Waals surface area (Å²) in [5.74, 6) is -0.293. The Hall–Kier alpha value is -1.95. The fraction of sp³-hybridized carbons (Fsp3) is 0.588. The largest absolute Gasteiger partial charge is 0.480 e. The number of nitrogens with zero attached hydrogens (tertiary/aromatic N) is 2. The van der Waals surface area contributed by atoms with Crippen LogP contribution in [0.4, 0.5) is 0 Å². The summed E-state index contributed by atoms with van der Waals surface area (Å²) in [6, 6.07) is 4.39. The molecule has 0 unspecified atom stereocenters. The van der Waals surface area contributed by atoms with Crippen LogP contribution in [0.2, 0.25) is 0 Å². The van der Waals surface area contributed by atoms with Gasteiger partial charge in [0, 0.05) is 30.4 Å². The first-order chi connectivity index (χ1) is 11.1. The Labute approximate surface area is 135 Å². The summed E-state index contributed by atoms with van der Waals surface area (Å²) in [6.45, 7) is 2.77. The summed E-state index contributed by atoms with van der Waals surface area (Å²) in [6.07, 6.45) is 6.16. The molecule has 0 spiro atoms. The van der Waals surface area contributed by atoms with Crippen molar-refractivity contribution in [3.8, 4) is 0 Å². The number of amides is 1. The van der Waals surface area contributed by atoms with Crippen LogP contribution in [0, 0.1) is 5.92 Å². The second-order valence-electron chi connectivity index (χ2n) is 6.52. The quantitative estimate of drug-likeness (QED) is 0.790. The second-order valence-corrected chi connectivity index (χ2v) is 6.52. The van der Waals surface area contributed by atoms with Gasteiger partial charge in [-0.1, -0.05) is 13.0 Å². The number of rotatable bonds is 7. The molecule has 2 atom stereocenters. The maximum Gasteiger partial charge on any atom is 0.317 e. The van der Waals surface area contributed by atoms with Crippen molar-refractivity contribution in [2.45, 2.75) is 44.2 Å². The second kappa shape index (κ2) is 6.66. The van der Waals surface area contributed by atoms with E-state index in [2.05, 4.69) is 10.3 Å². The summed E-state index contributed by atoms with van der Waals surface area (Å²) in [5.41, 5.74) is 1.14. The highest BCUT2D eigenvalue weighted by Gasteiger charge is 2.45. The third-order valence-corrected chi connectivity index (χ3v) is 4.96. The summed E-state index contributed by atoms with van der Waals surface area (Å²) in [5, 5.41) is 12.0. The van der Waals surface area contributed by atoms with Gasteiger partial charge in [-0.05, 0) is 43.4 Å². The third kappa shape index (κ3) is 3.69. The Morgan fingerprint density at radius 3 is 2.78 bits per heavy atom. The SMILES string of the molecule is CCN(CC(=O)O)C1CC(NC(=O)[C@H]2C[C@H]2c2cccnc2)C1. The smallest absolute Gasteiger partial charge is 0.317 e. The molecule has 23 heavy (non-hydrogen) atoms. The van der Waals surface area contributed by atoms with Crippen molar-refractivity contribution in [2.75, 3.05) is 13.1 Å². The zero-order valence-corrected chi connectivity index (χ0v) is 13.3. The minimum Gasteiger partial charge on any atom is -0.480 e. The number of nitrogens with one attached hydrogen (secondary N) is 1. The van der Waals surface area contributed by atoms with Gasteiger partial charge in [0.2, 0.25) is 5.91 Å². The van der Waals surface area contributed by atoms with E-state index in [1.54, 1.807) is 6.20 Å². The average molecular weight is 317 g/mol. The molecule has 0 aliphatic heterocycles. The van der Waals surface area contributed by atoms with E-state index >= 15 is 0 Å². The Bertz CT molecular complexity index is 572. The number of carbonyl (C=O) groups is 2. The molecule has 0 aromatic carbocycles. The van der Waals surface area contributed by atoms with Gasteiger partial charge in [0.1, 0.15) is 0 Å². The predicted octanol–water partition coefficient (Wildman–Crippen LogP) is 1.24. The molecule has 124 valence electrons. The Morgan fingerprint density at radius 1 is 1.39 bits per heavy atom. The highest BCUT2D eigenvalue weighted by atomic mass is 16.4. The normalized spacial score (nSPS) is 29.0. The Morgan fingerprint density at radius 2 is 2.17 bits per heavy atom. The van der Waals surface area contributed by atoms with E-state index in [1.807, 2.05) is 30.2 Å². The third-order valence-electron chi connectivity index (χ3n) is 4.96. The predicted molar refractivity (Wildman–Crippen MR) is 84.9 cm³/mol.